The van der Waals surface area contributed by atoms with Gasteiger partial charge in [0.15, 0.2) is 5.71 Å². The van der Waals surface area contributed by atoms with Crippen molar-refractivity contribution in [1.29, 1.82) is 0 Å². The third-order valence-electron chi connectivity index (χ3n) is 5.77. The summed E-state index contributed by atoms with van der Waals surface area (Å²) in [6.07, 6.45) is 7.00. The van der Waals surface area contributed by atoms with E-state index in [0.717, 1.165) is 29.5 Å². The average molecular weight is 372 g/mol. The molecule has 0 spiro atoms. The number of phenols is 1. The van der Waals surface area contributed by atoms with Crippen molar-refractivity contribution in [2.24, 2.45) is 0 Å². The van der Waals surface area contributed by atoms with Gasteiger partial charge in [-0.1, -0.05) is 31.2 Å². The number of rotatable bonds is 4. The fourth-order valence-corrected chi connectivity index (χ4v) is 4.33. The first-order valence-corrected chi connectivity index (χ1v) is 9.95. The van der Waals surface area contributed by atoms with Gasteiger partial charge in [-0.3, -0.25) is 4.98 Å². The molecular formula is C25H27N2O+. The van der Waals surface area contributed by atoms with E-state index < -0.39 is 0 Å². The number of fused-ring (bicyclic) bond motifs is 2. The molecule has 0 radical (unpaired) electrons. The molecule has 0 unspecified atom stereocenters. The molecule has 2 heterocycles. The fraction of sp³-hybridized carbons (Fsp3) is 0.280. The van der Waals surface area contributed by atoms with Crippen LogP contribution in [0.25, 0.3) is 17.0 Å². The van der Waals surface area contributed by atoms with Gasteiger partial charge in [-0.15, -0.1) is 0 Å². The molecule has 0 aliphatic carbocycles. The van der Waals surface area contributed by atoms with Crippen LogP contribution in [0.3, 0.4) is 0 Å². The molecule has 3 aromatic rings. The standard InChI is InChI=1S/C25H26N2O/c1-5-15-27-21-11-7-6-10-20(21)25(3,4)22(27)13-12-18-16-17(2)19-9-8-14-26-23(19)24(18)28/h6-14,16H,5,15H2,1-4H3/p+1. The number of hydrogen-bond acceptors (Lipinski definition) is 2. The summed E-state index contributed by atoms with van der Waals surface area (Å²) in [5.74, 6) is 0.244. The van der Waals surface area contributed by atoms with Crippen molar-refractivity contribution >= 4 is 28.4 Å². The van der Waals surface area contributed by atoms with Crippen LogP contribution in [0.15, 0.2) is 54.7 Å². The van der Waals surface area contributed by atoms with Crippen LogP contribution < -0.4 is 0 Å². The van der Waals surface area contributed by atoms with E-state index in [4.69, 9.17) is 0 Å². The van der Waals surface area contributed by atoms with Gasteiger partial charge < -0.3 is 5.11 Å². The van der Waals surface area contributed by atoms with E-state index in [1.165, 1.54) is 17.0 Å². The van der Waals surface area contributed by atoms with Crippen molar-refractivity contribution in [3.63, 3.8) is 0 Å². The van der Waals surface area contributed by atoms with Crippen LogP contribution in [0.1, 0.15) is 43.9 Å². The summed E-state index contributed by atoms with van der Waals surface area (Å²) in [7, 11) is 0. The van der Waals surface area contributed by atoms with Gasteiger partial charge >= 0.3 is 0 Å². The van der Waals surface area contributed by atoms with Crippen LogP contribution in [-0.4, -0.2) is 26.9 Å². The molecule has 0 fully saturated rings. The smallest absolute Gasteiger partial charge is 0.209 e. The number of aromatic nitrogens is 1. The number of aryl methyl sites for hydroxylation is 1. The zero-order valence-electron chi connectivity index (χ0n) is 17.0. The Balaban J connectivity index is 1.84. The first-order valence-electron chi connectivity index (χ1n) is 9.95. The Hall–Kier alpha value is -2.94. The summed E-state index contributed by atoms with van der Waals surface area (Å²) < 4.78 is 2.41. The quantitative estimate of drug-likeness (QED) is 0.593. The highest BCUT2D eigenvalue weighted by atomic mass is 16.3. The Morgan fingerprint density at radius 2 is 1.89 bits per heavy atom. The lowest BCUT2D eigenvalue weighted by Crippen LogP contribution is -2.27. The molecule has 1 aromatic heterocycles. The van der Waals surface area contributed by atoms with Crippen LogP contribution in [-0.2, 0) is 5.41 Å². The second-order valence-corrected chi connectivity index (χ2v) is 8.04. The fourth-order valence-electron chi connectivity index (χ4n) is 4.33. The molecule has 0 saturated heterocycles. The maximum atomic E-state index is 10.8. The minimum Gasteiger partial charge on any atom is -0.505 e. The highest BCUT2D eigenvalue weighted by Gasteiger charge is 2.43. The molecule has 3 heteroatoms. The lowest BCUT2D eigenvalue weighted by molar-refractivity contribution is -0.437. The van der Waals surface area contributed by atoms with E-state index in [2.05, 4.69) is 67.6 Å². The highest BCUT2D eigenvalue weighted by Crippen LogP contribution is 2.40. The first kappa shape index (κ1) is 18.4. The van der Waals surface area contributed by atoms with Gasteiger partial charge in [0.25, 0.3) is 0 Å². The summed E-state index contributed by atoms with van der Waals surface area (Å²) in [5.41, 5.74) is 6.39. The molecule has 1 aliphatic rings. The maximum absolute atomic E-state index is 10.8. The van der Waals surface area contributed by atoms with Crippen LogP contribution in [0, 0.1) is 6.92 Å². The first-order chi connectivity index (χ1) is 13.4. The van der Waals surface area contributed by atoms with Gasteiger partial charge in [0.05, 0.1) is 5.41 Å². The van der Waals surface area contributed by atoms with E-state index in [-0.39, 0.29) is 11.2 Å². The summed E-state index contributed by atoms with van der Waals surface area (Å²) in [5, 5.41) is 11.8. The zero-order valence-corrected chi connectivity index (χ0v) is 17.0. The number of para-hydroxylation sites is 1. The molecule has 4 rings (SSSR count). The van der Waals surface area contributed by atoms with Crippen molar-refractivity contribution in [3.05, 3.63) is 71.4 Å². The minimum absolute atomic E-state index is 0.0813. The molecule has 0 saturated carbocycles. The van der Waals surface area contributed by atoms with Crippen molar-refractivity contribution in [1.82, 2.24) is 4.98 Å². The molecule has 2 aromatic carbocycles. The van der Waals surface area contributed by atoms with Crippen molar-refractivity contribution < 1.29 is 9.68 Å². The monoisotopic (exact) mass is 371 g/mol. The molecule has 0 bridgehead atoms. The SMILES string of the molecule is CCC[N+]1=C(/C=C\c2cc(C)c3cccnc3c2O)C(C)(C)c2ccccc21. The second kappa shape index (κ2) is 6.90. The Morgan fingerprint density at radius 1 is 1.11 bits per heavy atom. The minimum atomic E-state index is -0.0813. The number of allylic oxidation sites excluding steroid dienone is 1. The number of nitrogens with zero attached hydrogens (tertiary/aromatic N) is 2. The van der Waals surface area contributed by atoms with Gasteiger partial charge in [0.1, 0.15) is 17.8 Å². The number of benzene rings is 2. The lowest BCUT2D eigenvalue weighted by Gasteiger charge is -2.15. The van der Waals surface area contributed by atoms with Crippen LogP contribution in [0.4, 0.5) is 5.69 Å². The Morgan fingerprint density at radius 3 is 2.68 bits per heavy atom. The van der Waals surface area contributed by atoms with Crippen molar-refractivity contribution in [3.8, 4) is 5.75 Å². The van der Waals surface area contributed by atoms with Gasteiger partial charge in [0.2, 0.25) is 5.69 Å². The van der Waals surface area contributed by atoms with E-state index in [1.54, 1.807) is 6.20 Å². The van der Waals surface area contributed by atoms with Crippen LogP contribution in [0.2, 0.25) is 0 Å². The Labute approximate surface area is 166 Å². The topological polar surface area (TPSA) is 36.1 Å². The molecule has 0 amide bonds. The lowest BCUT2D eigenvalue weighted by atomic mass is 9.81. The van der Waals surface area contributed by atoms with E-state index in [9.17, 15) is 5.11 Å². The van der Waals surface area contributed by atoms with Crippen LogP contribution >= 0.6 is 0 Å². The summed E-state index contributed by atoms with van der Waals surface area (Å²) >= 11 is 0. The highest BCUT2D eigenvalue weighted by molar-refractivity contribution is 6.06. The second-order valence-electron chi connectivity index (χ2n) is 8.04. The van der Waals surface area contributed by atoms with Crippen LogP contribution in [0.5, 0.6) is 5.75 Å². The summed E-state index contributed by atoms with van der Waals surface area (Å²) in [6.45, 7) is 9.79. The van der Waals surface area contributed by atoms with Gasteiger partial charge in [-0.2, -0.15) is 4.58 Å². The van der Waals surface area contributed by atoms with Gasteiger partial charge in [-0.05, 0) is 44.5 Å². The summed E-state index contributed by atoms with van der Waals surface area (Å²) in [4.78, 5) is 4.39. The average Bonchev–Trinajstić information content (AvgIpc) is 2.91. The molecule has 3 nitrogen and oxygen atoms in total. The van der Waals surface area contributed by atoms with E-state index in [1.807, 2.05) is 24.3 Å². The van der Waals surface area contributed by atoms with Gasteiger partial charge in [-0.25, -0.2) is 0 Å². The molecule has 142 valence electrons. The molecule has 0 atom stereocenters. The summed E-state index contributed by atoms with van der Waals surface area (Å²) in [6, 6.07) is 14.6. The van der Waals surface area contributed by atoms with E-state index >= 15 is 0 Å². The van der Waals surface area contributed by atoms with Crippen molar-refractivity contribution in [2.75, 3.05) is 6.54 Å². The van der Waals surface area contributed by atoms with E-state index in [0.29, 0.717) is 5.52 Å². The maximum Gasteiger partial charge on any atom is 0.209 e. The molecule has 1 aliphatic heterocycles. The normalized spacial score (nSPS) is 15.6. The molecular weight excluding hydrogens is 344 g/mol. The third kappa shape index (κ3) is 2.82. The molecule has 28 heavy (non-hydrogen) atoms. The molecule has 1 N–H and O–H groups in total. The number of pyridine rings is 1. The third-order valence-corrected chi connectivity index (χ3v) is 5.77. The predicted molar refractivity (Wildman–Crippen MR) is 117 cm³/mol. The predicted octanol–water partition coefficient (Wildman–Crippen LogP) is 5.75. The number of phenolic OH excluding ortho intramolecular Hbond substituents is 1. The Kier molecular flexibility index (Phi) is 4.54. The van der Waals surface area contributed by atoms with Crippen molar-refractivity contribution in [2.45, 2.75) is 39.5 Å². The zero-order chi connectivity index (χ0) is 19.9. The number of aromatic hydroxyl groups is 1. The Bertz CT molecular complexity index is 1120. The number of hydrogen-bond donors (Lipinski definition) is 1. The largest absolute Gasteiger partial charge is 0.505 e. The van der Waals surface area contributed by atoms with Gasteiger partial charge in [0, 0.05) is 41.3 Å².